The lowest BCUT2D eigenvalue weighted by Crippen LogP contribution is -2.45. The van der Waals surface area contributed by atoms with Crippen molar-refractivity contribution in [2.24, 2.45) is 5.92 Å². The van der Waals surface area contributed by atoms with Crippen molar-refractivity contribution in [3.05, 3.63) is 95.6 Å². The Bertz CT molecular complexity index is 1470. The summed E-state index contributed by atoms with van der Waals surface area (Å²) in [7, 11) is 4.39. The highest BCUT2D eigenvalue weighted by Crippen LogP contribution is 2.51. The minimum absolute atomic E-state index is 0.0742. The van der Waals surface area contributed by atoms with E-state index in [1.54, 1.807) is 61.6 Å². The molecule has 1 aliphatic heterocycles. The van der Waals surface area contributed by atoms with Crippen LogP contribution in [-0.4, -0.2) is 33.2 Å². The quantitative estimate of drug-likeness (QED) is 0.294. The molecule has 196 valence electrons. The van der Waals surface area contributed by atoms with Crippen molar-refractivity contribution in [3.8, 4) is 23.6 Å². The van der Waals surface area contributed by atoms with Crippen LogP contribution in [0.3, 0.4) is 0 Å². The van der Waals surface area contributed by atoms with Gasteiger partial charge in [0.05, 0.1) is 40.0 Å². The maximum Gasteiger partial charge on any atom is 0.330 e. The van der Waals surface area contributed by atoms with Crippen molar-refractivity contribution in [2.75, 3.05) is 26.2 Å². The molecule has 0 saturated heterocycles. The van der Waals surface area contributed by atoms with E-state index in [1.807, 2.05) is 30.3 Å². The smallest absolute Gasteiger partial charge is 0.330 e. The van der Waals surface area contributed by atoms with E-state index < -0.39 is 23.2 Å². The fourth-order valence-electron chi connectivity index (χ4n) is 4.97. The number of carbonyl (C=O) groups is 2. The molecule has 0 radical (unpaired) electrons. The lowest BCUT2D eigenvalue weighted by molar-refractivity contribution is -0.134. The number of methoxy groups -OCH3 is 3. The summed E-state index contributed by atoms with van der Waals surface area (Å²) in [6.45, 7) is 0.226. The Morgan fingerprint density at radius 3 is 2.08 bits per heavy atom. The van der Waals surface area contributed by atoms with Gasteiger partial charge < -0.3 is 19.1 Å². The predicted octanol–water partition coefficient (Wildman–Crippen LogP) is 4.80. The number of anilines is 1. The number of para-hydroxylation sites is 1. The van der Waals surface area contributed by atoms with Crippen LogP contribution in [0.15, 0.2) is 78.9 Å². The molecule has 0 aromatic heterocycles. The Labute approximate surface area is 227 Å². The highest BCUT2D eigenvalue weighted by Gasteiger charge is 2.56. The number of carbonyl (C=O) groups excluding carboxylic acids is 2. The average Bonchev–Trinajstić information content (AvgIpc) is 3.21. The van der Waals surface area contributed by atoms with E-state index in [-0.39, 0.29) is 13.0 Å². The molecule has 1 heterocycles. The van der Waals surface area contributed by atoms with Crippen LogP contribution in [0.25, 0.3) is 5.57 Å². The number of nitriles is 2. The van der Waals surface area contributed by atoms with Crippen molar-refractivity contribution >= 4 is 23.1 Å². The number of ether oxygens (including phenoxy) is 3. The summed E-state index contributed by atoms with van der Waals surface area (Å²) in [6, 6.07) is 25.6. The molecule has 8 nitrogen and oxygen atoms in total. The zero-order valence-corrected chi connectivity index (χ0v) is 21.9. The third-order valence-corrected chi connectivity index (χ3v) is 6.98. The van der Waals surface area contributed by atoms with Gasteiger partial charge in [0.1, 0.15) is 16.9 Å². The number of hydrogen-bond acceptors (Lipinski definition) is 7. The van der Waals surface area contributed by atoms with Crippen molar-refractivity contribution in [1.29, 1.82) is 10.5 Å². The lowest BCUT2D eigenvalue weighted by Gasteiger charge is -2.31. The molecule has 1 aliphatic rings. The Morgan fingerprint density at radius 1 is 0.923 bits per heavy atom. The van der Waals surface area contributed by atoms with Crippen LogP contribution in [0.4, 0.5) is 5.69 Å². The predicted molar refractivity (Wildman–Crippen MR) is 145 cm³/mol. The Balaban J connectivity index is 1.87. The summed E-state index contributed by atoms with van der Waals surface area (Å²) in [6.07, 6.45) is 1.23. The summed E-state index contributed by atoms with van der Waals surface area (Å²) >= 11 is 0. The van der Waals surface area contributed by atoms with Gasteiger partial charge in [-0.05, 0) is 59.0 Å². The van der Waals surface area contributed by atoms with Gasteiger partial charge in [-0.15, -0.1) is 0 Å². The monoisotopic (exact) mass is 521 g/mol. The second kappa shape index (κ2) is 11.5. The van der Waals surface area contributed by atoms with E-state index >= 15 is 0 Å². The molecule has 0 unspecified atom stereocenters. The highest BCUT2D eigenvalue weighted by molar-refractivity contribution is 6.10. The number of benzene rings is 3. The van der Waals surface area contributed by atoms with Crippen LogP contribution < -0.4 is 14.4 Å². The Hall–Kier alpha value is -5.08. The lowest BCUT2D eigenvalue weighted by atomic mass is 9.67. The van der Waals surface area contributed by atoms with Crippen LogP contribution in [0, 0.1) is 28.6 Å². The van der Waals surface area contributed by atoms with E-state index in [0.29, 0.717) is 33.9 Å². The molecule has 0 N–H and O–H groups in total. The van der Waals surface area contributed by atoms with Crippen molar-refractivity contribution in [1.82, 2.24) is 0 Å². The number of fused-ring (bicyclic) bond motifs is 1. The number of amides is 1. The summed E-state index contributed by atoms with van der Waals surface area (Å²) in [5.41, 5.74) is 1.54. The molecule has 8 heteroatoms. The normalized spacial score (nSPS) is 16.3. The van der Waals surface area contributed by atoms with Gasteiger partial charge in [-0.25, -0.2) is 4.79 Å². The average molecular weight is 522 g/mol. The first-order valence-electron chi connectivity index (χ1n) is 12.2. The maximum atomic E-state index is 14.4. The third-order valence-electron chi connectivity index (χ3n) is 6.98. The fraction of sp³-hybridized carbons (Fsp3) is 0.226. The number of allylic oxidation sites excluding steroid dienone is 1. The molecule has 1 atom stereocenters. The van der Waals surface area contributed by atoms with Crippen LogP contribution in [0.5, 0.6) is 11.5 Å². The van der Waals surface area contributed by atoms with E-state index in [2.05, 4.69) is 12.1 Å². The summed E-state index contributed by atoms with van der Waals surface area (Å²) in [5, 5.41) is 20.2. The fourth-order valence-corrected chi connectivity index (χ4v) is 4.97. The number of esters is 1. The van der Waals surface area contributed by atoms with E-state index in [4.69, 9.17) is 14.2 Å². The molecule has 0 spiro atoms. The first-order chi connectivity index (χ1) is 18.9. The second-order valence-corrected chi connectivity index (χ2v) is 9.02. The van der Waals surface area contributed by atoms with Crippen molar-refractivity contribution < 1.29 is 23.8 Å². The number of hydrogen-bond donors (Lipinski definition) is 0. The van der Waals surface area contributed by atoms with Crippen LogP contribution in [0.2, 0.25) is 0 Å². The molecule has 4 rings (SSSR count). The third kappa shape index (κ3) is 5.05. The van der Waals surface area contributed by atoms with Crippen molar-refractivity contribution in [2.45, 2.75) is 18.4 Å². The molecule has 3 aromatic rings. The molecule has 3 aromatic carbocycles. The van der Waals surface area contributed by atoms with Crippen molar-refractivity contribution in [3.63, 3.8) is 0 Å². The van der Waals surface area contributed by atoms with Gasteiger partial charge in [-0.2, -0.15) is 10.5 Å². The highest BCUT2D eigenvalue weighted by atomic mass is 16.5. The minimum Gasteiger partial charge on any atom is -0.497 e. The van der Waals surface area contributed by atoms with Gasteiger partial charge in [0.2, 0.25) is 5.91 Å². The van der Waals surface area contributed by atoms with Crippen LogP contribution in [-0.2, 0) is 26.3 Å². The first kappa shape index (κ1) is 27.0. The van der Waals surface area contributed by atoms with Gasteiger partial charge in [0.15, 0.2) is 5.92 Å². The van der Waals surface area contributed by atoms with Crippen LogP contribution in [0.1, 0.15) is 23.1 Å². The van der Waals surface area contributed by atoms with Gasteiger partial charge in [0.25, 0.3) is 0 Å². The molecule has 0 fully saturated rings. The molecular formula is C31H27N3O5. The van der Waals surface area contributed by atoms with Gasteiger partial charge in [-0.1, -0.05) is 42.5 Å². The zero-order chi connectivity index (χ0) is 28.0. The molecule has 1 amide bonds. The summed E-state index contributed by atoms with van der Waals surface area (Å²) < 4.78 is 15.4. The summed E-state index contributed by atoms with van der Waals surface area (Å²) in [4.78, 5) is 28.5. The summed E-state index contributed by atoms with van der Waals surface area (Å²) in [5.74, 6) is -1.03. The van der Waals surface area contributed by atoms with E-state index in [9.17, 15) is 20.1 Å². The molecule has 0 aliphatic carbocycles. The molecular weight excluding hydrogens is 494 g/mol. The largest absolute Gasteiger partial charge is 0.497 e. The Morgan fingerprint density at radius 2 is 1.51 bits per heavy atom. The first-order valence-corrected chi connectivity index (χ1v) is 12.2. The molecule has 0 saturated carbocycles. The maximum absolute atomic E-state index is 14.4. The topological polar surface area (TPSA) is 113 Å². The SMILES string of the molecule is COC(=O)/C=C(/C[C@]1(C(C#N)C#N)C(=O)N(Cc2ccc(OC)cc2)c2ccccc21)c1ccc(OC)cc1. The minimum atomic E-state index is -1.56. The van der Waals surface area contributed by atoms with Crippen LogP contribution >= 0.6 is 0 Å². The van der Waals surface area contributed by atoms with Gasteiger partial charge in [0, 0.05) is 11.8 Å². The molecule has 0 bridgehead atoms. The van der Waals surface area contributed by atoms with Gasteiger partial charge in [-0.3, -0.25) is 4.79 Å². The van der Waals surface area contributed by atoms with E-state index in [0.717, 1.165) is 5.56 Å². The zero-order valence-electron chi connectivity index (χ0n) is 21.9. The second-order valence-electron chi connectivity index (χ2n) is 9.02. The number of rotatable bonds is 9. The Kier molecular flexibility index (Phi) is 7.98. The number of nitrogens with zero attached hydrogens (tertiary/aromatic N) is 3. The van der Waals surface area contributed by atoms with E-state index in [1.165, 1.54) is 13.2 Å². The molecule has 39 heavy (non-hydrogen) atoms. The standard InChI is InChI=1S/C31H27N3O5/c1-37-25-12-8-21(9-13-25)20-34-28-7-5-4-6-27(28)31(30(34)36,24(18-32)19-33)17-23(16-29(35)39-3)22-10-14-26(38-2)15-11-22/h4-16,24H,17,20H2,1-3H3/b23-16-/t31-/m1/s1. The van der Waals surface area contributed by atoms with Gasteiger partial charge >= 0.3 is 5.97 Å².